The molecule has 1 unspecified atom stereocenters. The van der Waals surface area contributed by atoms with Gasteiger partial charge in [-0.2, -0.15) is 0 Å². The van der Waals surface area contributed by atoms with Gasteiger partial charge in [0.25, 0.3) is 0 Å². The Labute approximate surface area is 112 Å². The highest BCUT2D eigenvalue weighted by atomic mass is 79.9. The summed E-state index contributed by atoms with van der Waals surface area (Å²) in [5, 5.41) is 0. The molecule has 0 aliphatic heterocycles. The van der Waals surface area contributed by atoms with Crippen molar-refractivity contribution in [2.24, 2.45) is 5.41 Å². The van der Waals surface area contributed by atoms with Gasteiger partial charge in [0.15, 0.2) is 0 Å². The molecule has 0 spiro atoms. The van der Waals surface area contributed by atoms with Crippen LogP contribution in [0.1, 0.15) is 39.8 Å². The summed E-state index contributed by atoms with van der Waals surface area (Å²) in [5.74, 6) is 0.623. The predicted octanol–water partition coefficient (Wildman–Crippen LogP) is 3.62. The van der Waals surface area contributed by atoms with Crippen molar-refractivity contribution in [3.05, 3.63) is 18.1 Å². The molecule has 1 heterocycles. The molecule has 0 radical (unpaired) electrons. The van der Waals surface area contributed by atoms with Gasteiger partial charge >= 0.3 is 0 Å². The molecule has 0 amide bonds. The molecule has 0 N–H and O–H groups in total. The molecule has 96 valence electrons. The lowest BCUT2D eigenvalue weighted by molar-refractivity contribution is 0.302. The van der Waals surface area contributed by atoms with Crippen LogP contribution < -0.4 is 4.74 Å². The number of hydrogen-bond donors (Lipinski definition) is 0. The highest BCUT2D eigenvalue weighted by molar-refractivity contribution is 9.09. The molecule has 3 nitrogen and oxygen atoms in total. The third-order valence-corrected chi connectivity index (χ3v) is 4.14. The summed E-state index contributed by atoms with van der Waals surface area (Å²) in [5.41, 5.74) is 1.18. The van der Waals surface area contributed by atoms with Crippen molar-refractivity contribution < 1.29 is 4.74 Å². The molecule has 0 aromatic carbocycles. The summed E-state index contributed by atoms with van der Waals surface area (Å²) >= 11 is 3.70. The van der Waals surface area contributed by atoms with Gasteiger partial charge in [0.05, 0.1) is 18.5 Å². The van der Waals surface area contributed by atoms with Crippen LogP contribution in [0.25, 0.3) is 0 Å². The first-order valence-electron chi connectivity index (χ1n) is 6.01. The normalized spacial score (nSPS) is 13.5. The zero-order valence-corrected chi connectivity index (χ0v) is 12.6. The number of ether oxygens (including phenoxy) is 1. The van der Waals surface area contributed by atoms with Gasteiger partial charge in [-0.1, -0.05) is 43.6 Å². The van der Waals surface area contributed by atoms with Gasteiger partial charge in [-0.3, -0.25) is 4.98 Å². The minimum atomic E-state index is 0.210. The number of hydrogen-bond acceptors (Lipinski definition) is 3. The van der Waals surface area contributed by atoms with Gasteiger partial charge < -0.3 is 4.74 Å². The van der Waals surface area contributed by atoms with E-state index in [1.165, 1.54) is 0 Å². The van der Waals surface area contributed by atoms with Gasteiger partial charge in [-0.25, -0.2) is 4.98 Å². The van der Waals surface area contributed by atoms with Crippen LogP contribution in [0.15, 0.2) is 12.4 Å². The summed E-state index contributed by atoms with van der Waals surface area (Å²) in [6, 6.07) is 0. The average molecular weight is 301 g/mol. The topological polar surface area (TPSA) is 35.0 Å². The van der Waals surface area contributed by atoms with Gasteiger partial charge in [0, 0.05) is 17.4 Å². The Morgan fingerprint density at radius 2 is 2.06 bits per heavy atom. The third kappa shape index (κ3) is 5.02. The van der Waals surface area contributed by atoms with Crippen LogP contribution in [0.2, 0.25) is 0 Å². The van der Waals surface area contributed by atoms with Crippen LogP contribution in [-0.2, 0) is 6.42 Å². The first-order valence-corrected chi connectivity index (χ1v) is 6.93. The van der Waals surface area contributed by atoms with Crippen LogP contribution in [0, 0.1) is 5.41 Å². The van der Waals surface area contributed by atoms with E-state index in [2.05, 4.69) is 53.6 Å². The largest absolute Gasteiger partial charge is 0.477 e. The first-order chi connectivity index (χ1) is 7.93. The Bertz CT molecular complexity index is 350. The molecule has 0 saturated heterocycles. The molecule has 0 fully saturated rings. The van der Waals surface area contributed by atoms with Crippen molar-refractivity contribution in [1.82, 2.24) is 9.97 Å². The maximum Gasteiger partial charge on any atom is 0.232 e. The second-order valence-corrected chi connectivity index (χ2v) is 6.34. The summed E-state index contributed by atoms with van der Waals surface area (Å²) in [6.45, 7) is 9.38. The predicted molar refractivity (Wildman–Crippen MR) is 73.7 cm³/mol. The van der Waals surface area contributed by atoms with Gasteiger partial charge in [0.1, 0.15) is 0 Å². The minimum absolute atomic E-state index is 0.210. The number of alkyl halides is 1. The van der Waals surface area contributed by atoms with Crippen molar-refractivity contribution in [2.75, 3.05) is 6.61 Å². The Hall–Kier alpha value is -0.640. The molecule has 1 aromatic rings. The van der Waals surface area contributed by atoms with Crippen molar-refractivity contribution in [3.8, 4) is 5.88 Å². The SMILES string of the molecule is CCCOc1cncc(CC(Br)C(C)(C)C)n1. The maximum absolute atomic E-state index is 5.47. The van der Waals surface area contributed by atoms with Crippen LogP contribution >= 0.6 is 15.9 Å². The molecule has 0 saturated carbocycles. The van der Waals surface area contributed by atoms with E-state index < -0.39 is 0 Å². The number of halogens is 1. The Kier molecular flexibility index (Phi) is 5.37. The lowest BCUT2D eigenvalue weighted by Crippen LogP contribution is -2.23. The van der Waals surface area contributed by atoms with Crippen LogP contribution in [-0.4, -0.2) is 21.4 Å². The lowest BCUT2D eigenvalue weighted by atomic mass is 9.90. The molecule has 0 aliphatic rings. The van der Waals surface area contributed by atoms with Crippen molar-refractivity contribution in [2.45, 2.75) is 45.4 Å². The number of aromatic nitrogens is 2. The zero-order valence-electron chi connectivity index (χ0n) is 11.0. The quantitative estimate of drug-likeness (QED) is 0.779. The fraction of sp³-hybridized carbons (Fsp3) is 0.692. The third-order valence-electron chi connectivity index (χ3n) is 2.44. The van der Waals surface area contributed by atoms with Crippen LogP contribution in [0.5, 0.6) is 5.88 Å². The highest BCUT2D eigenvalue weighted by Gasteiger charge is 2.22. The minimum Gasteiger partial charge on any atom is -0.477 e. The molecule has 0 aliphatic carbocycles. The summed E-state index contributed by atoms with van der Waals surface area (Å²) in [6.07, 6.45) is 5.31. The Morgan fingerprint density at radius 1 is 1.35 bits per heavy atom. The standard InChI is InChI=1S/C13H21BrN2O/c1-5-6-17-12-9-15-8-10(16-12)7-11(14)13(2,3)4/h8-9,11H,5-7H2,1-4H3. The van der Waals surface area contributed by atoms with Crippen LogP contribution in [0.4, 0.5) is 0 Å². The highest BCUT2D eigenvalue weighted by Crippen LogP contribution is 2.28. The van der Waals surface area contributed by atoms with Crippen LogP contribution in [0.3, 0.4) is 0 Å². The van der Waals surface area contributed by atoms with Gasteiger partial charge in [0.2, 0.25) is 5.88 Å². The van der Waals surface area contributed by atoms with E-state index in [0.29, 0.717) is 17.3 Å². The zero-order chi connectivity index (χ0) is 12.9. The van der Waals surface area contributed by atoms with Crippen molar-refractivity contribution in [1.29, 1.82) is 0 Å². The number of nitrogens with zero attached hydrogens (tertiary/aromatic N) is 2. The molecule has 1 rings (SSSR count). The van der Waals surface area contributed by atoms with E-state index in [0.717, 1.165) is 18.5 Å². The van der Waals surface area contributed by atoms with E-state index in [1.807, 2.05) is 0 Å². The summed E-state index contributed by atoms with van der Waals surface area (Å²) < 4.78 is 5.47. The Morgan fingerprint density at radius 3 is 2.65 bits per heavy atom. The van der Waals surface area contributed by atoms with E-state index in [1.54, 1.807) is 12.4 Å². The van der Waals surface area contributed by atoms with Crippen molar-refractivity contribution in [3.63, 3.8) is 0 Å². The maximum atomic E-state index is 5.47. The van der Waals surface area contributed by atoms with Gasteiger partial charge in [-0.15, -0.1) is 0 Å². The van der Waals surface area contributed by atoms with Gasteiger partial charge in [-0.05, 0) is 11.8 Å². The lowest BCUT2D eigenvalue weighted by Gasteiger charge is -2.25. The molecular formula is C13H21BrN2O. The fourth-order valence-electron chi connectivity index (χ4n) is 1.25. The van der Waals surface area contributed by atoms with Crippen molar-refractivity contribution >= 4 is 15.9 Å². The second kappa shape index (κ2) is 6.34. The van der Waals surface area contributed by atoms with E-state index in [4.69, 9.17) is 4.74 Å². The molecule has 1 atom stereocenters. The fourth-order valence-corrected chi connectivity index (χ4v) is 1.58. The number of rotatable bonds is 5. The van der Waals surface area contributed by atoms with E-state index >= 15 is 0 Å². The summed E-state index contributed by atoms with van der Waals surface area (Å²) in [4.78, 5) is 8.99. The second-order valence-electron chi connectivity index (χ2n) is 5.23. The van der Waals surface area contributed by atoms with E-state index in [9.17, 15) is 0 Å². The molecule has 0 bridgehead atoms. The molecule has 4 heteroatoms. The monoisotopic (exact) mass is 300 g/mol. The molecule has 1 aromatic heterocycles. The average Bonchev–Trinajstić information content (AvgIpc) is 2.25. The Balaban J connectivity index is 2.65. The molecule has 17 heavy (non-hydrogen) atoms. The smallest absolute Gasteiger partial charge is 0.232 e. The summed E-state index contributed by atoms with van der Waals surface area (Å²) in [7, 11) is 0. The van der Waals surface area contributed by atoms with E-state index in [-0.39, 0.29) is 5.41 Å². The molecular weight excluding hydrogens is 280 g/mol. The first kappa shape index (κ1) is 14.4.